The monoisotopic (exact) mass is 548 g/mol. The van der Waals surface area contributed by atoms with Crippen LogP contribution in [0.3, 0.4) is 0 Å². The number of benzene rings is 6. The van der Waals surface area contributed by atoms with E-state index in [0.717, 1.165) is 44.9 Å². The summed E-state index contributed by atoms with van der Waals surface area (Å²) < 4.78 is 0. The van der Waals surface area contributed by atoms with Gasteiger partial charge in [-0.3, -0.25) is 0 Å². The van der Waals surface area contributed by atoms with Gasteiger partial charge in [-0.05, 0) is 89.0 Å². The Morgan fingerprint density at radius 1 is 0.463 bits per heavy atom. The van der Waals surface area contributed by atoms with E-state index < -0.39 is 0 Å². The molecular formula is C36H25ClN4. The van der Waals surface area contributed by atoms with Gasteiger partial charge in [0.15, 0.2) is 0 Å². The molecule has 0 aliphatic heterocycles. The van der Waals surface area contributed by atoms with Crippen LogP contribution in [0.5, 0.6) is 0 Å². The van der Waals surface area contributed by atoms with E-state index in [1.165, 1.54) is 11.1 Å². The van der Waals surface area contributed by atoms with Crippen LogP contribution in [0.2, 0.25) is 5.02 Å². The Morgan fingerprint density at radius 3 is 1.68 bits per heavy atom. The van der Waals surface area contributed by atoms with Crippen LogP contribution in [0.4, 0.5) is 17.1 Å². The summed E-state index contributed by atoms with van der Waals surface area (Å²) in [5, 5.41) is 10.2. The predicted molar refractivity (Wildman–Crippen MR) is 169 cm³/mol. The highest BCUT2D eigenvalue weighted by Crippen LogP contribution is 2.41. The van der Waals surface area contributed by atoms with Gasteiger partial charge in [0.25, 0.3) is 0 Å². The summed E-state index contributed by atoms with van der Waals surface area (Å²) in [5.74, 6) is 0. The number of nitrogens with zero attached hydrogens (tertiary/aromatic N) is 4. The second-order valence-corrected chi connectivity index (χ2v) is 10.2. The number of para-hydroxylation sites is 1. The van der Waals surface area contributed by atoms with Gasteiger partial charge in [-0.15, -0.1) is 10.2 Å². The van der Waals surface area contributed by atoms with Crippen LogP contribution in [0.1, 0.15) is 0 Å². The van der Waals surface area contributed by atoms with Crippen molar-refractivity contribution in [3.63, 3.8) is 0 Å². The van der Waals surface area contributed by atoms with Gasteiger partial charge in [0.05, 0.1) is 5.69 Å². The SMILES string of the molecule is Clc1ccc(N(c2ccc(-c3ccccc3)c(-c3ccccc3)c2)c2ccc3nn(-c4ccccc4)nc3c2)cc1. The number of anilines is 3. The van der Waals surface area contributed by atoms with E-state index in [9.17, 15) is 0 Å². The summed E-state index contributed by atoms with van der Waals surface area (Å²) in [6.45, 7) is 0. The first-order chi connectivity index (χ1) is 20.2. The van der Waals surface area contributed by atoms with E-state index in [0.29, 0.717) is 5.02 Å². The van der Waals surface area contributed by atoms with Gasteiger partial charge in [-0.25, -0.2) is 0 Å². The lowest BCUT2D eigenvalue weighted by molar-refractivity contribution is 0.766. The Labute approximate surface area is 243 Å². The molecule has 0 aliphatic rings. The van der Waals surface area contributed by atoms with Crippen LogP contribution in [0.25, 0.3) is 39.0 Å². The fourth-order valence-corrected chi connectivity index (χ4v) is 5.28. The molecule has 41 heavy (non-hydrogen) atoms. The molecule has 0 atom stereocenters. The van der Waals surface area contributed by atoms with Crippen LogP contribution in [0.15, 0.2) is 152 Å². The molecule has 0 radical (unpaired) electrons. The minimum Gasteiger partial charge on any atom is -0.310 e. The minimum atomic E-state index is 0.694. The first kappa shape index (κ1) is 24.8. The van der Waals surface area contributed by atoms with Gasteiger partial charge in [0.1, 0.15) is 11.0 Å². The van der Waals surface area contributed by atoms with Crippen LogP contribution in [-0.2, 0) is 0 Å². The van der Waals surface area contributed by atoms with Crippen LogP contribution in [-0.4, -0.2) is 15.0 Å². The molecule has 1 heterocycles. The molecule has 196 valence electrons. The molecule has 0 bridgehead atoms. The lowest BCUT2D eigenvalue weighted by Gasteiger charge is -2.27. The average Bonchev–Trinajstić information content (AvgIpc) is 3.47. The van der Waals surface area contributed by atoms with Crippen molar-refractivity contribution < 1.29 is 0 Å². The third kappa shape index (κ3) is 4.97. The van der Waals surface area contributed by atoms with Gasteiger partial charge >= 0.3 is 0 Å². The number of fused-ring (bicyclic) bond motifs is 1. The lowest BCUT2D eigenvalue weighted by Crippen LogP contribution is -2.10. The third-order valence-electron chi connectivity index (χ3n) is 7.13. The van der Waals surface area contributed by atoms with Crippen molar-refractivity contribution >= 4 is 39.7 Å². The quantitative estimate of drug-likeness (QED) is 0.207. The molecule has 1 aromatic heterocycles. The Kier molecular flexibility index (Phi) is 6.51. The van der Waals surface area contributed by atoms with E-state index in [4.69, 9.17) is 21.8 Å². The molecule has 0 amide bonds. The van der Waals surface area contributed by atoms with Gasteiger partial charge in [0, 0.05) is 22.1 Å². The molecule has 0 N–H and O–H groups in total. The largest absolute Gasteiger partial charge is 0.310 e. The fraction of sp³-hybridized carbons (Fsp3) is 0. The molecular weight excluding hydrogens is 524 g/mol. The van der Waals surface area contributed by atoms with Crippen LogP contribution in [0, 0.1) is 0 Å². The summed E-state index contributed by atoms with van der Waals surface area (Å²) in [6.07, 6.45) is 0. The topological polar surface area (TPSA) is 34.0 Å². The van der Waals surface area contributed by atoms with Crippen molar-refractivity contribution in [3.8, 4) is 27.9 Å². The maximum absolute atomic E-state index is 6.30. The molecule has 0 saturated carbocycles. The highest BCUT2D eigenvalue weighted by atomic mass is 35.5. The van der Waals surface area contributed by atoms with Crippen molar-refractivity contribution in [2.24, 2.45) is 0 Å². The van der Waals surface area contributed by atoms with Crippen molar-refractivity contribution in [1.82, 2.24) is 15.0 Å². The van der Waals surface area contributed by atoms with E-state index in [2.05, 4.69) is 83.8 Å². The van der Waals surface area contributed by atoms with E-state index in [1.54, 1.807) is 4.80 Å². The molecule has 0 fully saturated rings. The van der Waals surface area contributed by atoms with Crippen LogP contribution < -0.4 is 4.90 Å². The van der Waals surface area contributed by atoms with E-state index in [-0.39, 0.29) is 0 Å². The van der Waals surface area contributed by atoms with Crippen molar-refractivity contribution in [3.05, 3.63) is 157 Å². The maximum atomic E-state index is 6.30. The number of rotatable bonds is 6. The zero-order valence-electron chi connectivity index (χ0n) is 22.1. The number of hydrogen-bond donors (Lipinski definition) is 0. The van der Waals surface area contributed by atoms with Gasteiger partial charge in [0.2, 0.25) is 0 Å². The Hall–Kier alpha value is -5.19. The fourth-order valence-electron chi connectivity index (χ4n) is 5.15. The highest BCUT2D eigenvalue weighted by molar-refractivity contribution is 6.30. The Balaban J connectivity index is 1.40. The number of hydrogen-bond acceptors (Lipinski definition) is 3. The van der Waals surface area contributed by atoms with Gasteiger partial charge < -0.3 is 4.90 Å². The Morgan fingerprint density at radius 2 is 1.00 bits per heavy atom. The summed E-state index contributed by atoms with van der Waals surface area (Å²) >= 11 is 6.30. The summed E-state index contributed by atoms with van der Waals surface area (Å²) in [7, 11) is 0. The standard InChI is InChI=1S/C36H25ClN4/c37-28-16-18-29(19-17-28)40(32-21-23-35-36(25-32)39-41(38-35)30-14-8-3-9-15-30)31-20-22-33(26-10-4-1-5-11-26)34(24-31)27-12-6-2-7-13-27/h1-25H. The van der Waals surface area contributed by atoms with Gasteiger partial charge in [-0.2, -0.15) is 4.80 Å². The first-order valence-electron chi connectivity index (χ1n) is 13.5. The van der Waals surface area contributed by atoms with E-state index >= 15 is 0 Å². The number of aromatic nitrogens is 3. The minimum absolute atomic E-state index is 0.694. The maximum Gasteiger partial charge on any atom is 0.115 e. The number of halogens is 1. The van der Waals surface area contributed by atoms with Crippen molar-refractivity contribution in [2.45, 2.75) is 0 Å². The normalized spacial score (nSPS) is 11.0. The second kappa shape index (κ2) is 10.8. The molecule has 0 unspecified atom stereocenters. The molecule has 0 saturated heterocycles. The zero-order chi connectivity index (χ0) is 27.6. The molecule has 7 rings (SSSR count). The highest BCUT2D eigenvalue weighted by Gasteiger charge is 2.18. The van der Waals surface area contributed by atoms with Gasteiger partial charge in [-0.1, -0.05) is 96.5 Å². The summed E-state index contributed by atoms with van der Waals surface area (Å²) in [6, 6.07) is 51.8. The van der Waals surface area contributed by atoms with Crippen molar-refractivity contribution in [1.29, 1.82) is 0 Å². The molecule has 0 aliphatic carbocycles. The van der Waals surface area contributed by atoms with Crippen LogP contribution >= 0.6 is 11.6 Å². The summed E-state index contributed by atoms with van der Waals surface area (Å²) in [5.41, 5.74) is 10.2. The first-order valence-corrected chi connectivity index (χ1v) is 13.8. The molecule has 5 heteroatoms. The smallest absolute Gasteiger partial charge is 0.115 e. The Bertz CT molecular complexity index is 1930. The molecule has 6 aromatic carbocycles. The summed E-state index contributed by atoms with van der Waals surface area (Å²) in [4.78, 5) is 3.92. The molecule has 4 nitrogen and oxygen atoms in total. The molecule has 0 spiro atoms. The molecule has 7 aromatic rings. The van der Waals surface area contributed by atoms with E-state index in [1.807, 2.05) is 72.8 Å². The third-order valence-corrected chi connectivity index (χ3v) is 7.38. The predicted octanol–water partition coefficient (Wildman–Crippen LogP) is 9.88. The second-order valence-electron chi connectivity index (χ2n) is 9.77. The lowest BCUT2D eigenvalue weighted by atomic mass is 9.93. The average molecular weight is 549 g/mol. The van der Waals surface area contributed by atoms with Crippen molar-refractivity contribution in [2.75, 3.05) is 4.90 Å². The zero-order valence-corrected chi connectivity index (χ0v) is 22.9.